The van der Waals surface area contributed by atoms with Crippen LogP contribution in [-0.2, 0) is 24.2 Å². The van der Waals surface area contributed by atoms with E-state index in [1.165, 1.54) is 18.4 Å². The van der Waals surface area contributed by atoms with Gasteiger partial charge in [-0.2, -0.15) is 0 Å². The minimum Gasteiger partial charge on any atom is -0.493 e. The fourth-order valence-electron chi connectivity index (χ4n) is 3.89. The van der Waals surface area contributed by atoms with Crippen LogP contribution in [0.15, 0.2) is 47.2 Å². The zero-order valence-electron chi connectivity index (χ0n) is 17.0. The third-order valence-corrected chi connectivity index (χ3v) is 5.32. The number of furan rings is 1. The first-order valence-electron chi connectivity index (χ1n) is 10.2. The van der Waals surface area contributed by atoms with Crippen LogP contribution in [0.25, 0.3) is 16.5 Å². The van der Waals surface area contributed by atoms with Crippen LogP contribution in [0, 0.1) is 0 Å². The van der Waals surface area contributed by atoms with E-state index in [0.29, 0.717) is 13.2 Å². The van der Waals surface area contributed by atoms with Crippen molar-refractivity contribution in [2.24, 2.45) is 0 Å². The second-order valence-corrected chi connectivity index (χ2v) is 7.39. The molecule has 29 heavy (non-hydrogen) atoms. The van der Waals surface area contributed by atoms with Crippen molar-refractivity contribution in [3.63, 3.8) is 0 Å². The van der Waals surface area contributed by atoms with Crippen molar-refractivity contribution < 1.29 is 13.9 Å². The van der Waals surface area contributed by atoms with Crippen LogP contribution in [0.5, 0.6) is 5.75 Å². The zero-order valence-corrected chi connectivity index (χ0v) is 17.0. The molecular formula is C24H26N2O3. The number of carbonyl (C=O) groups excluding carboxylic acids is 1. The number of allylic oxidation sites excluding steroid dienone is 1. The third kappa shape index (κ3) is 4.19. The van der Waals surface area contributed by atoms with Gasteiger partial charge in [0.1, 0.15) is 17.1 Å². The Bertz CT molecular complexity index is 1050. The molecule has 1 amide bonds. The minimum absolute atomic E-state index is 0.136. The van der Waals surface area contributed by atoms with Gasteiger partial charge in [-0.25, -0.2) is 0 Å². The molecule has 0 bridgehead atoms. The Kier molecular flexibility index (Phi) is 5.65. The standard InChI is InChI=1S/C24H26N2O3/c1-3-28-22-13-23-20(18-8-4-5-9-21(18)29-23)12-19(22)16(2)11-24(27)26-15-17-7-6-10-25-14-17/h6-7,10-14H,3-5,8-9,15H2,1-2H3,(H,26,27)/b16-11+. The molecule has 1 aromatic carbocycles. The average molecular weight is 390 g/mol. The molecule has 4 rings (SSSR count). The Labute approximate surface area is 170 Å². The topological polar surface area (TPSA) is 64.4 Å². The summed E-state index contributed by atoms with van der Waals surface area (Å²) in [6.07, 6.45) is 9.50. The van der Waals surface area contributed by atoms with E-state index in [2.05, 4.69) is 16.4 Å². The first-order chi connectivity index (χ1) is 14.2. The number of nitrogens with zero attached hydrogens (tertiary/aromatic N) is 1. The van der Waals surface area contributed by atoms with Crippen molar-refractivity contribution in [2.75, 3.05) is 6.61 Å². The lowest BCUT2D eigenvalue weighted by Crippen LogP contribution is -2.20. The van der Waals surface area contributed by atoms with Crippen LogP contribution in [-0.4, -0.2) is 17.5 Å². The van der Waals surface area contributed by atoms with Crippen LogP contribution in [0.4, 0.5) is 0 Å². The van der Waals surface area contributed by atoms with Gasteiger partial charge in [0, 0.05) is 54.0 Å². The Morgan fingerprint density at radius 2 is 2.17 bits per heavy atom. The summed E-state index contributed by atoms with van der Waals surface area (Å²) in [4.78, 5) is 16.5. The first kappa shape index (κ1) is 19.2. The fourth-order valence-corrected chi connectivity index (χ4v) is 3.89. The van der Waals surface area contributed by atoms with Crippen molar-refractivity contribution >= 4 is 22.4 Å². The SMILES string of the molecule is CCOc1cc2oc3c(c2cc1/C(C)=C/C(=O)NCc1cccnc1)CCCC3. The quantitative estimate of drug-likeness (QED) is 0.613. The second kappa shape index (κ2) is 8.52. The highest BCUT2D eigenvalue weighted by Crippen LogP contribution is 2.38. The van der Waals surface area contributed by atoms with Gasteiger partial charge in [0.25, 0.3) is 0 Å². The van der Waals surface area contributed by atoms with Crippen molar-refractivity contribution in [3.05, 3.63) is 65.2 Å². The number of fused-ring (bicyclic) bond motifs is 3. The largest absolute Gasteiger partial charge is 0.493 e. The molecular weight excluding hydrogens is 364 g/mol. The number of carbonyl (C=O) groups is 1. The van der Waals surface area contributed by atoms with Gasteiger partial charge in [-0.15, -0.1) is 0 Å². The van der Waals surface area contributed by atoms with Gasteiger partial charge >= 0.3 is 0 Å². The Hall–Kier alpha value is -3.08. The summed E-state index contributed by atoms with van der Waals surface area (Å²) in [5.41, 5.74) is 4.95. The minimum atomic E-state index is -0.136. The summed E-state index contributed by atoms with van der Waals surface area (Å²) >= 11 is 0. The molecule has 0 saturated heterocycles. The maximum atomic E-state index is 12.4. The second-order valence-electron chi connectivity index (χ2n) is 7.39. The molecule has 0 spiro atoms. The smallest absolute Gasteiger partial charge is 0.244 e. The zero-order chi connectivity index (χ0) is 20.2. The van der Waals surface area contributed by atoms with E-state index in [1.807, 2.05) is 32.0 Å². The maximum Gasteiger partial charge on any atom is 0.244 e. The summed E-state index contributed by atoms with van der Waals surface area (Å²) in [5.74, 6) is 1.71. The number of aromatic nitrogens is 1. The van der Waals surface area contributed by atoms with E-state index in [9.17, 15) is 4.79 Å². The van der Waals surface area contributed by atoms with Gasteiger partial charge < -0.3 is 14.5 Å². The van der Waals surface area contributed by atoms with Gasteiger partial charge in [-0.05, 0) is 56.4 Å². The van der Waals surface area contributed by atoms with Crippen LogP contribution in [0.2, 0.25) is 0 Å². The van der Waals surface area contributed by atoms with Gasteiger partial charge in [-0.1, -0.05) is 6.07 Å². The van der Waals surface area contributed by atoms with E-state index < -0.39 is 0 Å². The summed E-state index contributed by atoms with van der Waals surface area (Å²) in [6.45, 7) is 4.91. The summed E-state index contributed by atoms with van der Waals surface area (Å²) in [6, 6.07) is 7.89. The van der Waals surface area contributed by atoms with Gasteiger partial charge in [0.15, 0.2) is 0 Å². The number of hydrogen-bond acceptors (Lipinski definition) is 4. The van der Waals surface area contributed by atoms with Gasteiger partial charge in [0.05, 0.1) is 6.61 Å². The summed E-state index contributed by atoms with van der Waals surface area (Å²) in [5, 5.41) is 4.06. The number of pyridine rings is 1. The molecule has 0 unspecified atom stereocenters. The van der Waals surface area contributed by atoms with Crippen molar-refractivity contribution in [1.29, 1.82) is 0 Å². The highest BCUT2D eigenvalue weighted by atomic mass is 16.5. The lowest BCUT2D eigenvalue weighted by molar-refractivity contribution is -0.116. The molecule has 0 fully saturated rings. The van der Waals surface area contributed by atoms with Crippen LogP contribution >= 0.6 is 0 Å². The van der Waals surface area contributed by atoms with E-state index in [-0.39, 0.29) is 5.91 Å². The lowest BCUT2D eigenvalue weighted by Gasteiger charge is -2.12. The molecule has 0 atom stereocenters. The van der Waals surface area contributed by atoms with E-state index >= 15 is 0 Å². The molecule has 2 aromatic heterocycles. The van der Waals surface area contributed by atoms with Crippen molar-refractivity contribution in [2.45, 2.75) is 46.1 Å². The van der Waals surface area contributed by atoms with Gasteiger partial charge in [0.2, 0.25) is 5.91 Å². The fraction of sp³-hybridized carbons (Fsp3) is 0.333. The molecule has 150 valence electrons. The number of amides is 1. The molecule has 1 aliphatic carbocycles. The molecule has 3 aromatic rings. The molecule has 5 nitrogen and oxygen atoms in total. The molecule has 0 radical (unpaired) electrons. The van der Waals surface area contributed by atoms with E-state index in [4.69, 9.17) is 9.15 Å². The highest BCUT2D eigenvalue weighted by Gasteiger charge is 2.20. The Morgan fingerprint density at radius 3 is 2.97 bits per heavy atom. The van der Waals surface area contributed by atoms with E-state index in [0.717, 1.165) is 52.0 Å². The Balaban J connectivity index is 1.62. The van der Waals surface area contributed by atoms with E-state index in [1.54, 1.807) is 18.5 Å². The van der Waals surface area contributed by atoms with Crippen molar-refractivity contribution in [1.82, 2.24) is 10.3 Å². The highest BCUT2D eigenvalue weighted by molar-refractivity contribution is 5.97. The number of nitrogens with one attached hydrogen (secondary N) is 1. The molecule has 0 aliphatic heterocycles. The average Bonchev–Trinajstić information content (AvgIpc) is 3.10. The normalized spacial score (nSPS) is 13.9. The number of hydrogen-bond donors (Lipinski definition) is 1. The molecule has 0 saturated carbocycles. The number of benzene rings is 1. The van der Waals surface area contributed by atoms with Crippen molar-refractivity contribution in [3.8, 4) is 5.75 Å². The first-order valence-corrected chi connectivity index (χ1v) is 10.2. The predicted molar refractivity (Wildman–Crippen MR) is 114 cm³/mol. The molecule has 2 heterocycles. The lowest BCUT2D eigenvalue weighted by atomic mass is 9.94. The summed E-state index contributed by atoms with van der Waals surface area (Å²) < 4.78 is 12.0. The maximum absolute atomic E-state index is 12.4. The van der Waals surface area contributed by atoms with Crippen LogP contribution in [0.3, 0.4) is 0 Å². The number of rotatable bonds is 6. The van der Waals surface area contributed by atoms with Crippen LogP contribution < -0.4 is 10.1 Å². The predicted octanol–water partition coefficient (Wildman–Crippen LogP) is 4.83. The molecule has 1 N–H and O–H groups in total. The molecule has 5 heteroatoms. The molecule has 1 aliphatic rings. The van der Waals surface area contributed by atoms with Gasteiger partial charge in [-0.3, -0.25) is 9.78 Å². The van der Waals surface area contributed by atoms with Crippen LogP contribution in [0.1, 0.15) is 49.1 Å². The number of aryl methyl sites for hydroxylation is 2. The Morgan fingerprint density at radius 1 is 1.31 bits per heavy atom. The summed E-state index contributed by atoms with van der Waals surface area (Å²) in [7, 11) is 0. The number of ether oxygens (including phenoxy) is 1. The third-order valence-electron chi connectivity index (χ3n) is 5.32. The monoisotopic (exact) mass is 390 g/mol.